The van der Waals surface area contributed by atoms with E-state index < -0.39 is 5.97 Å². The third kappa shape index (κ3) is 5.41. The van der Waals surface area contributed by atoms with Gasteiger partial charge in [0.2, 0.25) is 0 Å². The predicted molar refractivity (Wildman–Crippen MR) is 102 cm³/mol. The van der Waals surface area contributed by atoms with Crippen LogP contribution in [-0.4, -0.2) is 41.7 Å². The largest absolute Gasteiger partial charge is 0.481 e. The van der Waals surface area contributed by atoms with Crippen LogP contribution in [0.5, 0.6) is 0 Å². The van der Waals surface area contributed by atoms with Crippen molar-refractivity contribution in [1.29, 1.82) is 0 Å². The molecule has 138 valence electrons. The monoisotopic (exact) mass is 353 g/mol. The molecule has 26 heavy (non-hydrogen) atoms. The molecule has 0 radical (unpaired) electrons. The van der Waals surface area contributed by atoms with E-state index in [9.17, 15) is 4.79 Å². The molecule has 0 amide bonds. The Morgan fingerprint density at radius 1 is 1.08 bits per heavy atom. The molecule has 0 aromatic heterocycles. The Balaban J connectivity index is 1.66. The molecule has 1 atom stereocenters. The smallest absolute Gasteiger partial charge is 0.303 e. The minimum Gasteiger partial charge on any atom is -0.481 e. The van der Waals surface area contributed by atoms with Crippen molar-refractivity contribution in [3.63, 3.8) is 0 Å². The maximum Gasteiger partial charge on any atom is 0.303 e. The number of benzene rings is 2. The molecule has 1 fully saturated rings. The van der Waals surface area contributed by atoms with Crippen molar-refractivity contribution in [3.8, 4) is 0 Å². The van der Waals surface area contributed by atoms with Crippen LogP contribution in [0.4, 0.5) is 0 Å². The van der Waals surface area contributed by atoms with E-state index >= 15 is 0 Å². The SMILES string of the molecule is O=C(O)CCCN1CCCC(OC(c2ccccc2)c2ccccc2)C1. The number of nitrogens with zero attached hydrogens (tertiary/aromatic N) is 1. The average molecular weight is 353 g/mol. The summed E-state index contributed by atoms with van der Waals surface area (Å²) >= 11 is 0. The summed E-state index contributed by atoms with van der Waals surface area (Å²) in [6.45, 7) is 2.73. The molecule has 1 unspecified atom stereocenters. The third-order valence-electron chi connectivity index (χ3n) is 4.86. The summed E-state index contributed by atoms with van der Waals surface area (Å²) in [5.41, 5.74) is 2.34. The van der Waals surface area contributed by atoms with E-state index in [1.165, 1.54) is 11.1 Å². The lowest BCUT2D eigenvalue weighted by atomic mass is 10.00. The van der Waals surface area contributed by atoms with Gasteiger partial charge >= 0.3 is 5.97 Å². The first-order chi connectivity index (χ1) is 12.7. The van der Waals surface area contributed by atoms with Crippen molar-refractivity contribution in [3.05, 3.63) is 71.8 Å². The molecule has 1 aliphatic heterocycles. The normalized spacial score (nSPS) is 18.1. The summed E-state index contributed by atoms with van der Waals surface area (Å²) in [5.74, 6) is -0.719. The number of hydrogen-bond acceptors (Lipinski definition) is 3. The molecule has 1 saturated heterocycles. The number of carbonyl (C=O) groups is 1. The maximum absolute atomic E-state index is 10.7. The van der Waals surface area contributed by atoms with Gasteiger partial charge in [-0.05, 0) is 43.5 Å². The minimum atomic E-state index is -0.719. The number of carboxylic acids is 1. The Morgan fingerprint density at radius 2 is 1.69 bits per heavy atom. The quantitative estimate of drug-likeness (QED) is 0.775. The molecule has 2 aromatic rings. The number of aliphatic carboxylic acids is 1. The van der Waals surface area contributed by atoms with Gasteiger partial charge in [-0.25, -0.2) is 0 Å². The number of likely N-dealkylation sites (tertiary alicyclic amines) is 1. The van der Waals surface area contributed by atoms with Crippen LogP contribution in [-0.2, 0) is 9.53 Å². The van der Waals surface area contributed by atoms with E-state index in [1.807, 2.05) is 36.4 Å². The van der Waals surface area contributed by atoms with Crippen LogP contribution in [0.15, 0.2) is 60.7 Å². The molecule has 0 aliphatic carbocycles. The number of piperidine rings is 1. The van der Waals surface area contributed by atoms with Crippen molar-refractivity contribution >= 4 is 5.97 Å². The van der Waals surface area contributed by atoms with Crippen LogP contribution in [0.2, 0.25) is 0 Å². The molecule has 4 nitrogen and oxygen atoms in total. The number of rotatable bonds is 8. The van der Waals surface area contributed by atoms with Crippen molar-refractivity contribution in [2.24, 2.45) is 0 Å². The lowest BCUT2D eigenvalue weighted by Gasteiger charge is -2.35. The summed E-state index contributed by atoms with van der Waals surface area (Å²) in [7, 11) is 0. The van der Waals surface area contributed by atoms with Gasteiger partial charge in [-0.3, -0.25) is 4.79 Å². The van der Waals surface area contributed by atoms with Crippen molar-refractivity contribution < 1.29 is 14.6 Å². The Hall–Kier alpha value is -2.17. The molecule has 1 aliphatic rings. The molecular weight excluding hydrogens is 326 g/mol. The second-order valence-corrected chi connectivity index (χ2v) is 6.90. The van der Waals surface area contributed by atoms with E-state index in [0.29, 0.717) is 6.42 Å². The first kappa shape index (κ1) is 18.6. The minimum absolute atomic E-state index is 0.0682. The zero-order chi connectivity index (χ0) is 18.2. The fraction of sp³-hybridized carbons (Fsp3) is 0.409. The number of hydrogen-bond donors (Lipinski definition) is 1. The molecule has 0 bridgehead atoms. The maximum atomic E-state index is 10.7. The van der Waals surface area contributed by atoms with E-state index in [0.717, 1.165) is 32.5 Å². The lowest BCUT2D eigenvalue weighted by Crippen LogP contribution is -2.40. The highest BCUT2D eigenvalue weighted by atomic mass is 16.5. The van der Waals surface area contributed by atoms with Gasteiger partial charge in [-0.1, -0.05) is 60.7 Å². The van der Waals surface area contributed by atoms with Crippen LogP contribution in [0.3, 0.4) is 0 Å². The zero-order valence-corrected chi connectivity index (χ0v) is 15.1. The second-order valence-electron chi connectivity index (χ2n) is 6.90. The van der Waals surface area contributed by atoms with Gasteiger partial charge in [0, 0.05) is 13.0 Å². The Kier molecular flexibility index (Phi) is 6.81. The molecular formula is C22H27NO3. The fourth-order valence-corrected chi connectivity index (χ4v) is 3.58. The highest BCUT2D eigenvalue weighted by Crippen LogP contribution is 2.29. The van der Waals surface area contributed by atoms with Crippen LogP contribution in [0.1, 0.15) is 42.9 Å². The van der Waals surface area contributed by atoms with Gasteiger partial charge in [0.25, 0.3) is 0 Å². The topological polar surface area (TPSA) is 49.8 Å². The van der Waals surface area contributed by atoms with Gasteiger partial charge in [-0.15, -0.1) is 0 Å². The molecule has 4 heteroatoms. The van der Waals surface area contributed by atoms with Crippen LogP contribution < -0.4 is 0 Å². The molecule has 2 aromatic carbocycles. The Bertz CT molecular complexity index is 635. The zero-order valence-electron chi connectivity index (χ0n) is 15.1. The second kappa shape index (κ2) is 9.51. The van der Waals surface area contributed by atoms with Gasteiger partial charge in [0.15, 0.2) is 0 Å². The first-order valence-electron chi connectivity index (χ1n) is 9.42. The molecule has 0 spiro atoms. The van der Waals surface area contributed by atoms with Crippen molar-refractivity contribution in [2.75, 3.05) is 19.6 Å². The van der Waals surface area contributed by atoms with Gasteiger partial charge in [-0.2, -0.15) is 0 Å². The van der Waals surface area contributed by atoms with Gasteiger partial charge < -0.3 is 14.7 Å². The summed E-state index contributed by atoms with van der Waals surface area (Å²) in [4.78, 5) is 13.1. The fourth-order valence-electron chi connectivity index (χ4n) is 3.58. The standard InChI is InChI=1S/C22H27NO3/c24-21(25)14-8-16-23-15-7-13-20(17-23)26-22(18-9-3-1-4-10-18)19-11-5-2-6-12-19/h1-6,9-12,20,22H,7-8,13-17H2,(H,24,25). The van der Waals surface area contributed by atoms with E-state index in [1.54, 1.807) is 0 Å². The third-order valence-corrected chi connectivity index (χ3v) is 4.86. The Morgan fingerprint density at radius 3 is 2.27 bits per heavy atom. The summed E-state index contributed by atoms with van der Waals surface area (Å²) < 4.78 is 6.56. The molecule has 1 heterocycles. The predicted octanol–water partition coefficient (Wildman–Crippen LogP) is 4.12. The number of carboxylic acid groups (broad SMARTS) is 1. The first-order valence-corrected chi connectivity index (χ1v) is 9.42. The highest BCUT2D eigenvalue weighted by molar-refractivity contribution is 5.66. The van der Waals surface area contributed by atoms with Crippen molar-refractivity contribution in [1.82, 2.24) is 4.90 Å². The summed E-state index contributed by atoms with van der Waals surface area (Å²) in [5, 5.41) is 8.82. The van der Waals surface area contributed by atoms with E-state index in [-0.39, 0.29) is 18.6 Å². The van der Waals surface area contributed by atoms with E-state index in [4.69, 9.17) is 9.84 Å². The van der Waals surface area contributed by atoms with Crippen LogP contribution >= 0.6 is 0 Å². The Labute approximate surface area is 155 Å². The summed E-state index contributed by atoms with van der Waals surface area (Å²) in [6.07, 6.45) is 3.17. The lowest BCUT2D eigenvalue weighted by molar-refractivity contribution is -0.137. The van der Waals surface area contributed by atoms with E-state index in [2.05, 4.69) is 29.2 Å². The number of ether oxygens (including phenoxy) is 1. The molecule has 3 rings (SSSR count). The average Bonchev–Trinajstić information content (AvgIpc) is 2.67. The van der Waals surface area contributed by atoms with Gasteiger partial charge in [0.1, 0.15) is 6.10 Å². The highest BCUT2D eigenvalue weighted by Gasteiger charge is 2.25. The van der Waals surface area contributed by atoms with Gasteiger partial charge in [0.05, 0.1) is 6.10 Å². The summed E-state index contributed by atoms with van der Waals surface area (Å²) in [6, 6.07) is 20.7. The van der Waals surface area contributed by atoms with Crippen molar-refractivity contribution in [2.45, 2.75) is 37.9 Å². The molecule has 1 N–H and O–H groups in total. The molecule has 0 saturated carbocycles. The van der Waals surface area contributed by atoms with Crippen LogP contribution in [0.25, 0.3) is 0 Å². The van der Waals surface area contributed by atoms with Crippen LogP contribution in [0, 0.1) is 0 Å².